The number of halogens is 5. The third kappa shape index (κ3) is 5.26. The lowest BCUT2D eigenvalue weighted by Crippen LogP contribution is -2.46. The Bertz CT molecular complexity index is 1430. The van der Waals surface area contributed by atoms with Crippen molar-refractivity contribution in [3.05, 3.63) is 41.3 Å². The summed E-state index contributed by atoms with van der Waals surface area (Å²) in [5.41, 5.74) is -0.331. The van der Waals surface area contributed by atoms with Crippen LogP contribution in [0.4, 0.5) is 22.0 Å². The van der Waals surface area contributed by atoms with Crippen molar-refractivity contribution in [3.63, 3.8) is 0 Å². The molecule has 1 unspecified atom stereocenters. The summed E-state index contributed by atoms with van der Waals surface area (Å²) in [6.45, 7) is 2.28. The van der Waals surface area contributed by atoms with E-state index in [1.807, 2.05) is 0 Å². The molecule has 2 amide bonds. The van der Waals surface area contributed by atoms with E-state index in [0.717, 1.165) is 36.2 Å². The molecule has 2 N–H and O–H groups in total. The summed E-state index contributed by atoms with van der Waals surface area (Å²) in [5, 5.41) is 2.32. The van der Waals surface area contributed by atoms with Crippen LogP contribution in [0.5, 0.6) is 5.75 Å². The number of hydrogen-bond donors (Lipinski definition) is 2. The van der Waals surface area contributed by atoms with E-state index in [4.69, 9.17) is 4.74 Å². The Hall–Kier alpha value is -3.77. The molecule has 5 rings (SSSR count). The van der Waals surface area contributed by atoms with E-state index in [-0.39, 0.29) is 52.3 Å². The Morgan fingerprint density at radius 1 is 1.23 bits per heavy atom. The van der Waals surface area contributed by atoms with E-state index in [1.165, 1.54) is 13.0 Å². The number of carbonyl (C=O) groups is 2. The Morgan fingerprint density at radius 2 is 1.97 bits per heavy atom. The molecular weight excluding hydrogens is 525 g/mol. The molecule has 3 heterocycles. The van der Waals surface area contributed by atoms with E-state index in [1.54, 1.807) is 6.92 Å². The van der Waals surface area contributed by atoms with Crippen LogP contribution in [0, 0.1) is 12.8 Å². The van der Waals surface area contributed by atoms with Gasteiger partial charge in [-0.15, -0.1) is 0 Å². The van der Waals surface area contributed by atoms with E-state index < -0.39 is 42.1 Å². The van der Waals surface area contributed by atoms with Gasteiger partial charge in [-0.25, -0.2) is 18.7 Å². The van der Waals surface area contributed by atoms with Crippen LogP contribution in [0.2, 0.25) is 0 Å². The van der Waals surface area contributed by atoms with Gasteiger partial charge in [-0.3, -0.25) is 9.59 Å². The summed E-state index contributed by atoms with van der Waals surface area (Å²) in [7, 11) is 0. The number of hydrogen-bond acceptors (Lipinski definition) is 5. The highest BCUT2D eigenvalue weighted by atomic mass is 19.4. The predicted molar refractivity (Wildman–Crippen MR) is 130 cm³/mol. The molecule has 2 aromatic heterocycles. The van der Waals surface area contributed by atoms with Gasteiger partial charge in [0.2, 0.25) is 5.91 Å². The molecule has 1 aromatic carbocycles. The Balaban J connectivity index is 1.51. The minimum atomic E-state index is -4.62. The molecule has 13 heteroatoms. The number of amides is 2. The molecule has 3 aromatic rings. The van der Waals surface area contributed by atoms with Crippen molar-refractivity contribution in [2.75, 3.05) is 19.7 Å². The summed E-state index contributed by atoms with van der Waals surface area (Å²) in [4.78, 5) is 37.4. The van der Waals surface area contributed by atoms with Crippen molar-refractivity contribution in [1.82, 2.24) is 25.2 Å². The van der Waals surface area contributed by atoms with Crippen LogP contribution in [0.1, 0.15) is 47.8 Å². The van der Waals surface area contributed by atoms with Crippen LogP contribution < -0.4 is 10.1 Å². The number of nitrogens with one attached hydrogen (secondary N) is 2. The quantitative estimate of drug-likeness (QED) is 0.414. The summed E-state index contributed by atoms with van der Waals surface area (Å²) in [6.07, 6.45) is -1.51. The number of aromatic nitrogens is 3. The van der Waals surface area contributed by atoms with Gasteiger partial charge in [-0.2, -0.15) is 13.2 Å². The highest BCUT2D eigenvalue weighted by Crippen LogP contribution is 2.40. The average Bonchev–Trinajstić information content (AvgIpc) is 3.57. The van der Waals surface area contributed by atoms with E-state index in [0.29, 0.717) is 12.5 Å². The predicted octanol–water partition coefficient (Wildman–Crippen LogP) is 4.73. The molecule has 39 heavy (non-hydrogen) atoms. The first-order valence-corrected chi connectivity index (χ1v) is 12.5. The zero-order valence-corrected chi connectivity index (χ0v) is 21.2. The largest absolute Gasteiger partial charge is 0.493 e. The second-order valence-corrected chi connectivity index (χ2v) is 9.95. The number of rotatable bonds is 7. The van der Waals surface area contributed by atoms with E-state index in [9.17, 15) is 31.5 Å². The van der Waals surface area contributed by atoms with Gasteiger partial charge >= 0.3 is 6.18 Å². The maximum absolute atomic E-state index is 14.6. The fraction of sp³-hybridized carbons (Fsp3) is 0.462. The number of nitrogens with zero attached hydrogens (tertiary/aromatic N) is 3. The van der Waals surface area contributed by atoms with Crippen LogP contribution >= 0.6 is 0 Å². The topological polar surface area (TPSA) is 100 Å². The van der Waals surface area contributed by atoms with Crippen LogP contribution in [0.3, 0.4) is 0 Å². The highest BCUT2D eigenvalue weighted by molar-refractivity contribution is 6.09. The fourth-order valence-electron chi connectivity index (χ4n) is 4.69. The molecule has 2 aliphatic rings. The van der Waals surface area contributed by atoms with Gasteiger partial charge in [-0.05, 0) is 43.9 Å². The van der Waals surface area contributed by atoms with Gasteiger partial charge in [-0.1, -0.05) is 6.92 Å². The first-order valence-electron chi connectivity index (χ1n) is 12.5. The molecule has 0 radical (unpaired) electrons. The Kier molecular flexibility index (Phi) is 6.71. The molecule has 1 atom stereocenters. The van der Waals surface area contributed by atoms with Gasteiger partial charge in [0.15, 0.2) is 0 Å². The SMILES string of the molecule is CCC(=O)N1CC(NC(=O)c2c(C)[nH]c3c(-c4cc(C(F)(F)F)ccc4OCC4CC4)ncnc23)C(F)(F)C1. The van der Waals surface area contributed by atoms with Crippen LogP contribution in [-0.4, -0.2) is 63.3 Å². The van der Waals surface area contributed by atoms with Gasteiger partial charge in [0, 0.05) is 24.2 Å². The van der Waals surface area contributed by atoms with Crippen LogP contribution in [-0.2, 0) is 11.0 Å². The van der Waals surface area contributed by atoms with Crippen molar-refractivity contribution < 1.29 is 36.3 Å². The van der Waals surface area contributed by atoms with Crippen LogP contribution in [0.25, 0.3) is 22.3 Å². The lowest BCUT2D eigenvalue weighted by atomic mass is 10.0. The molecule has 0 spiro atoms. The molecule has 208 valence electrons. The minimum Gasteiger partial charge on any atom is -0.493 e. The third-order valence-electron chi connectivity index (χ3n) is 7.01. The molecule has 8 nitrogen and oxygen atoms in total. The number of ether oxygens (including phenoxy) is 1. The van der Waals surface area contributed by atoms with Crippen molar-refractivity contribution >= 4 is 22.8 Å². The van der Waals surface area contributed by atoms with Crippen molar-refractivity contribution in [1.29, 1.82) is 0 Å². The molecule has 1 aliphatic carbocycles. The summed E-state index contributed by atoms with van der Waals surface area (Å²) >= 11 is 0. The molecular formula is C26H26F5N5O3. The number of alkyl halides is 5. The molecule has 2 fully saturated rings. The van der Waals surface area contributed by atoms with Crippen molar-refractivity contribution in [2.45, 2.75) is 51.3 Å². The van der Waals surface area contributed by atoms with Crippen LogP contribution in [0.15, 0.2) is 24.5 Å². The molecule has 1 saturated heterocycles. The number of fused-ring (bicyclic) bond motifs is 1. The first-order chi connectivity index (χ1) is 18.4. The summed E-state index contributed by atoms with van der Waals surface area (Å²) < 4.78 is 75.8. The second kappa shape index (κ2) is 9.76. The van der Waals surface area contributed by atoms with Gasteiger partial charge in [0.05, 0.1) is 29.8 Å². The zero-order valence-electron chi connectivity index (χ0n) is 21.2. The summed E-state index contributed by atoms with van der Waals surface area (Å²) in [5.74, 6) is -4.11. The average molecular weight is 552 g/mol. The fourth-order valence-corrected chi connectivity index (χ4v) is 4.69. The lowest BCUT2D eigenvalue weighted by Gasteiger charge is -2.18. The maximum Gasteiger partial charge on any atom is 0.416 e. The second-order valence-electron chi connectivity index (χ2n) is 9.95. The number of H-pyrrole nitrogens is 1. The Labute approximate surface area is 219 Å². The monoisotopic (exact) mass is 551 g/mol. The standard InChI is InChI=1S/C26H26F5N5O3/c1-3-19(37)36-9-18(25(27,28)11-36)35-24(38)20-13(2)34-23-21(32-12-33-22(20)23)16-8-15(26(29,30)31)6-7-17(16)39-10-14-4-5-14/h6-8,12,14,18,34H,3-5,9-11H2,1-2H3,(H,35,38). The highest BCUT2D eigenvalue weighted by Gasteiger charge is 2.50. The number of carbonyl (C=O) groups excluding carboxylic acids is 2. The third-order valence-corrected chi connectivity index (χ3v) is 7.01. The first kappa shape index (κ1) is 26.8. The van der Waals surface area contributed by atoms with E-state index >= 15 is 0 Å². The molecule has 1 aliphatic heterocycles. The van der Waals surface area contributed by atoms with Crippen molar-refractivity contribution in [2.24, 2.45) is 5.92 Å². The smallest absolute Gasteiger partial charge is 0.416 e. The molecule has 1 saturated carbocycles. The normalized spacial score (nSPS) is 18.9. The Morgan fingerprint density at radius 3 is 2.64 bits per heavy atom. The lowest BCUT2D eigenvalue weighted by molar-refractivity contribution is -0.137. The number of aromatic amines is 1. The van der Waals surface area contributed by atoms with E-state index in [2.05, 4.69) is 20.3 Å². The summed E-state index contributed by atoms with van der Waals surface area (Å²) in [6, 6.07) is 1.48. The number of aryl methyl sites for hydroxylation is 1. The van der Waals surface area contributed by atoms with Crippen molar-refractivity contribution in [3.8, 4) is 17.0 Å². The van der Waals surface area contributed by atoms with Gasteiger partial charge in [0.25, 0.3) is 11.8 Å². The molecule has 0 bridgehead atoms. The minimum absolute atomic E-state index is 0.0443. The number of benzene rings is 1. The number of likely N-dealkylation sites (tertiary alicyclic amines) is 1. The van der Waals surface area contributed by atoms with Gasteiger partial charge in [0.1, 0.15) is 29.3 Å². The zero-order chi connectivity index (χ0) is 28.1. The van der Waals surface area contributed by atoms with Gasteiger partial charge < -0.3 is 19.9 Å². The maximum atomic E-state index is 14.6.